The van der Waals surface area contributed by atoms with Gasteiger partial charge in [0, 0.05) is 0 Å². The molecular formula is C20H30O2. The standard InChI is InChI=1S/C20H30O2/c1-8-9-15-11-10-13(2)16(14(15)3)12-22-18(21)17-19(4,5)20(17,6)7/h10-11,17H,8-9,12H2,1-7H3. The van der Waals surface area contributed by atoms with E-state index in [1.807, 2.05) is 0 Å². The Labute approximate surface area is 135 Å². The van der Waals surface area contributed by atoms with Crippen molar-refractivity contribution < 1.29 is 9.53 Å². The summed E-state index contributed by atoms with van der Waals surface area (Å²) >= 11 is 0. The minimum atomic E-state index is -0.0466. The average molecular weight is 302 g/mol. The van der Waals surface area contributed by atoms with Crippen LogP contribution < -0.4 is 0 Å². The van der Waals surface area contributed by atoms with Gasteiger partial charge in [-0.1, -0.05) is 53.2 Å². The smallest absolute Gasteiger partial charge is 0.310 e. The van der Waals surface area contributed by atoms with Gasteiger partial charge in [0.1, 0.15) is 6.61 Å². The van der Waals surface area contributed by atoms with E-state index in [-0.39, 0.29) is 22.7 Å². The SMILES string of the molecule is CCCc1ccc(C)c(COC(=O)C2C(C)(C)C2(C)C)c1C. The van der Waals surface area contributed by atoms with Crippen LogP contribution in [0.25, 0.3) is 0 Å². The van der Waals surface area contributed by atoms with Crippen LogP contribution in [0.5, 0.6) is 0 Å². The van der Waals surface area contributed by atoms with Gasteiger partial charge in [-0.15, -0.1) is 0 Å². The van der Waals surface area contributed by atoms with Crippen LogP contribution in [0.3, 0.4) is 0 Å². The largest absolute Gasteiger partial charge is 0.461 e. The zero-order chi connectivity index (χ0) is 16.7. The minimum Gasteiger partial charge on any atom is -0.461 e. The third kappa shape index (κ3) is 2.68. The monoisotopic (exact) mass is 302 g/mol. The Morgan fingerprint density at radius 3 is 2.23 bits per heavy atom. The van der Waals surface area contributed by atoms with E-state index in [4.69, 9.17) is 4.74 Å². The summed E-state index contributed by atoms with van der Waals surface area (Å²) in [5.74, 6) is -0.0332. The molecule has 0 bridgehead atoms. The summed E-state index contributed by atoms with van der Waals surface area (Å²) in [6, 6.07) is 4.35. The normalized spacial score (nSPS) is 19.0. The molecule has 0 aromatic heterocycles. The van der Waals surface area contributed by atoms with Crippen LogP contribution in [0.15, 0.2) is 12.1 Å². The number of benzene rings is 1. The molecule has 0 radical (unpaired) electrons. The molecule has 1 aliphatic rings. The van der Waals surface area contributed by atoms with Gasteiger partial charge >= 0.3 is 5.97 Å². The van der Waals surface area contributed by atoms with Gasteiger partial charge in [0.15, 0.2) is 0 Å². The van der Waals surface area contributed by atoms with E-state index in [1.54, 1.807) is 0 Å². The lowest BCUT2D eigenvalue weighted by Gasteiger charge is -2.15. The molecule has 1 fully saturated rings. The highest BCUT2D eigenvalue weighted by Gasteiger charge is 2.69. The molecule has 0 heterocycles. The number of esters is 1. The molecule has 122 valence electrons. The fraction of sp³-hybridized carbons (Fsp3) is 0.650. The highest BCUT2D eigenvalue weighted by atomic mass is 16.5. The summed E-state index contributed by atoms with van der Waals surface area (Å²) < 4.78 is 5.68. The molecule has 0 aliphatic heterocycles. The predicted molar refractivity (Wildman–Crippen MR) is 90.8 cm³/mol. The topological polar surface area (TPSA) is 26.3 Å². The van der Waals surface area contributed by atoms with Crippen LogP contribution in [0.1, 0.15) is 63.3 Å². The quantitative estimate of drug-likeness (QED) is 0.717. The number of carbonyl (C=O) groups is 1. The van der Waals surface area contributed by atoms with Crippen LogP contribution in [-0.2, 0) is 22.6 Å². The first-order valence-electron chi connectivity index (χ1n) is 8.39. The van der Waals surface area contributed by atoms with Gasteiger partial charge in [-0.25, -0.2) is 0 Å². The van der Waals surface area contributed by atoms with Crippen molar-refractivity contribution in [2.75, 3.05) is 0 Å². The number of aryl methyl sites for hydroxylation is 2. The lowest BCUT2D eigenvalue weighted by molar-refractivity contribution is -0.148. The first kappa shape index (κ1) is 17.1. The second kappa shape index (κ2) is 5.72. The van der Waals surface area contributed by atoms with Gasteiger partial charge in [-0.2, -0.15) is 0 Å². The van der Waals surface area contributed by atoms with Gasteiger partial charge < -0.3 is 4.74 Å². The number of hydrogen-bond acceptors (Lipinski definition) is 2. The van der Waals surface area contributed by atoms with Gasteiger partial charge in [-0.3, -0.25) is 4.79 Å². The Morgan fingerprint density at radius 1 is 1.14 bits per heavy atom. The van der Waals surface area contributed by atoms with Gasteiger partial charge in [0.25, 0.3) is 0 Å². The third-order valence-corrected chi connectivity index (χ3v) is 6.08. The molecule has 1 saturated carbocycles. The molecule has 2 nitrogen and oxygen atoms in total. The van der Waals surface area contributed by atoms with Crippen LogP contribution in [0.2, 0.25) is 0 Å². The van der Waals surface area contributed by atoms with Crippen LogP contribution in [0, 0.1) is 30.6 Å². The van der Waals surface area contributed by atoms with E-state index in [0.717, 1.165) is 12.8 Å². The third-order valence-electron chi connectivity index (χ3n) is 6.08. The van der Waals surface area contributed by atoms with Gasteiger partial charge in [0.2, 0.25) is 0 Å². The van der Waals surface area contributed by atoms with Crippen LogP contribution in [0.4, 0.5) is 0 Å². The molecule has 0 saturated heterocycles. The molecule has 0 amide bonds. The highest BCUT2D eigenvalue weighted by Crippen LogP contribution is 2.68. The Balaban J connectivity index is 2.10. The lowest BCUT2D eigenvalue weighted by Crippen LogP contribution is -2.13. The zero-order valence-electron chi connectivity index (χ0n) is 15.2. The second-order valence-electron chi connectivity index (χ2n) is 7.88. The fourth-order valence-corrected chi connectivity index (χ4v) is 3.72. The van der Waals surface area contributed by atoms with Crippen molar-refractivity contribution in [1.82, 2.24) is 0 Å². The van der Waals surface area contributed by atoms with E-state index in [2.05, 4.69) is 60.6 Å². The molecule has 1 aromatic rings. The Bertz CT molecular complexity index is 568. The van der Waals surface area contributed by atoms with Crippen molar-refractivity contribution in [1.29, 1.82) is 0 Å². The summed E-state index contributed by atoms with van der Waals surface area (Å²) in [6.45, 7) is 15.4. The van der Waals surface area contributed by atoms with Crippen molar-refractivity contribution in [2.45, 2.75) is 67.9 Å². The Morgan fingerprint density at radius 2 is 1.73 bits per heavy atom. The maximum atomic E-state index is 12.4. The highest BCUT2D eigenvalue weighted by molar-refractivity contribution is 5.78. The summed E-state index contributed by atoms with van der Waals surface area (Å²) in [6.07, 6.45) is 2.21. The van der Waals surface area contributed by atoms with Crippen molar-refractivity contribution in [3.63, 3.8) is 0 Å². The first-order chi connectivity index (χ1) is 10.1. The minimum absolute atomic E-state index is 0.0134. The zero-order valence-corrected chi connectivity index (χ0v) is 15.2. The number of ether oxygens (including phenoxy) is 1. The first-order valence-corrected chi connectivity index (χ1v) is 8.39. The van der Waals surface area contributed by atoms with Crippen molar-refractivity contribution in [3.05, 3.63) is 34.4 Å². The van der Waals surface area contributed by atoms with Gasteiger partial charge in [-0.05, 0) is 53.4 Å². The molecule has 2 rings (SSSR count). The second-order valence-corrected chi connectivity index (χ2v) is 7.88. The number of carbonyl (C=O) groups excluding carboxylic acids is 1. The Kier molecular flexibility index (Phi) is 4.43. The summed E-state index contributed by atoms with van der Waals surface area (Å²) in [4.78, 5) is 12.4. The van der Waals surface area contributed by atoms with Gasteiger partial charge in [0.05, 0.1) is 5.92 Å². The van der Waals surface area contributed by atoms with Crippen LogP contribution in [-0.4, -0.2) is 5.97 Å². The summed E-state index contributed by atoms with van der Waals surface area (Å²) in [5.41, 5.74) is 5.11. The van der Waals surface area contributed by atoms with E-state index < -0.39 is 0 Å². The maximum Gasteiger partial charge on any atom is 0.310 e. The molecule has 0 atom stereocenters. The molecule has 0 unspecified atom stereocenters. The number of rotatable bonds is 5. The number of hydrogen-bond donors (Lipinski definition) is 0. The Hall–Kier alpha value is -1.31. The molecule has 0 N–H and O–H groups in total. The van der Waals surface area contributed by atoms with E-state index in [0.29, 0.717) is 6.61 Å². The summed E-state index contributed by atoms with van der Waals surface area (Å²) in [5, 5.41) is 0. The maximum absolute atomic E-state index is 12.4. The van der Waals surface area contributed by atoms with Crippen molar-refractivity contribution in [2.24, 2.45) is 16.7 Å². The molecule has 1 aromatic carbocycles. The predicted octanol–water partition coefficient (Wildman–Crippen LogP) is 4.98. The fourth-order valence-electron chi connectivity index (χ4n) is 3.72. The molecule has 0 spiro atoms. The van der Waals surface area contributed by atoms with E-state index in [1.165, 1.54) is 22.3 Å². The van der Waals surface area contributed by atoms with Crippen LogP contribution >= 0.6 is 0 Å². The molecule has 2 heteroatoms. The van der Waals surface area contributed by atoms with Crippen molar-refractivity contribution >= 4 is 5.97 Å². The average Bonchev–Trinajstić information content (AvgIpc) is 2.83. The molecule has 1 aliphatic carbocycles. The lowest BCUT2D eigenvalue weighted by atomic mass is 9.96. The summed E-state index contributed by atoms with van der Waals surface area (Å²) in [7, 11) is 0. The van der Waals surface area contributed by atoms with E-state index in [9.17, 15) is 4.79 Å². The van der Waals surface area contributed by atoms with E-state index >= 15 is 0 Å². The molecule has 22 heavy (non-hydrogen) atoms. The van der Waals surface area contributed by atoms with Crippen molar-refractivity contribution in [3.8, 4) is 0 Å². The molecular weight excluding hydrogens is 272 g/mol.